The fourth-order valence-corrected chi connectivity index (χ4v) is 8.11. The van der Waals surface area contributed by atoms with E-state index in [4.69, 9.17) is 10.7 Å². The normalized spacial score (nSPS) is 27.7. The highest BCUT2D eigenvalue weighted by Crippen LogP contribution is 2.85. The van der Waals surface area contributed by atoms with Crippen LogP contribution in [0.4, 0.5) is 13.2 Å². The molecular formula is C22H25F3N4OS2. The third kappa shape index (κ3) is 3.72. The minimum absolute atomic E-state index is 0.134. The van der Waals surface area contributed by atoms with Gasteiger partial charge in [-0.05, 0) is 42.0 Å². The zero-order valence-electron chi connectivity index (χ0n) is 17.9. The molecule has 0 radical (unpaired) electrons. The Morgan fingerprint density at radius 1 is 1.06 bits per heavy atom. The van der Waals surface area contributed by atoms with E-state index in [2.05, 4.69) is 30.7 Å². The van der Waals surface area contributed by atoms with Gasteiger partial charge in [-0.15, -0.1) is 36.7 Å². The van der Waals surface area contributed by atoms with Gasteiger partial charge in [-0.25, -0.2) is 4.99 Å². The second-order valence-corrected chi connectivity index (χ2v) is 10.7. The molecule has 0 spiro atoms. The van der Waals surface area contributed by atoms with Crippen LogP contribution >= 0.6 is 23.5 Å². The highest BCUT2D eigenvalue weighted by molar-refractivity contribution is 8.18. The van der Waals surface area contributed by atoms with E-state index >= 15 is 0 Å². The summed E-state index contributed by atoms with van der Waals surface area (Å²) in [5.74, 6) is 0.734. The van der Waals surface area contributed by atoms with Crippen LogP contribution in [0, 0.1) is 33.5 Å². The molecule has 0 bridgehead atoms. The van der Waals surface area contributed by atoms with Gasteiger partial charge in [0, 0.05) is 5.92 Å². The fourth-order valence-electron chi connectivity index (χ4n) is 4.43. The molecule has 1 saturated carbocycles. The first kappa shape index (κ1) is 24.6. The van der Waals surface area contributed by atoms with Crippen molar-refractivity contribution in [1.29, 1.82) is 10.5 Å². The van der Waals surface area contributed by atoms with E-state index in [1.807, 2.05) is 0 Å². The van der Waals surface area contributed by atoms with Crippen LogP contribution in [0.2, 0.25) is 0 Å². The Kier molecular flexibility index (Phi) is 6.97. The third-order valence-electron chi connectivity index (χ3n) is 5.97. The summed E-state index contributed by atoms with van der Waals surface area (Å²) in [4.78, 5) is 4.72. The molecule has 3 rings (SSSR count). The molecule has 0 aromatic heterocycles. The second kappa shape index (κ2) is 9.07. The van der Waals surface area contributed by atoms with Crippen LogP contribution in [0.15, 0.2) is 29.3 Å². The smallest absolute Gasteiger partial charge is 0.406 e. The Hall–Kier alpha value is -2.04. The summed E-state index contributed by atoms with van der Waals surface area (Å²) in [6, 6.07) is 10.1. The molecule has 0 saturated heterocycles. The molecule has 1 heterocycles. The molecular weight excluding hydrogens is 457 g/mol. The third-order valence-corrected chi connectivity index (χ3v) is 9.27. The number of nitrogens with zero attached hydrogens (tertiary/aromatic N) is 3. The number of rotatable bonds is 10. The number of hydrogen-bond donors (Lipinski definition) is 1. The monoisotopic (exact) mass is 482 g/mol. The number of ether oxygens (including phenoxy) is 1. The van der Waals surface area contributed by atoms with Gasteiger partial charge in [-0.2, -0.15) is 10.5 Å². The van der Waals surface area contributed by atoms with Crippen molar-refractivity contribution in [2.45, 2.75) is 56.0 Å². The van der Waals surface area contributed by atoms with Crippen molar-refractivity contribution >= 4 is 29.4 Å². The molecule has 32 heavy (non-hydrogen) atoms. The molecule has 0 amide bonds. The molecule has 3 atom stereocenters. The van der Waals surface area contributed by atoms with Crippen molar-refractivity contribution in [2.75, 3.05) is 11.5 Å². The minimum Gasteiger partial charge on any atom is -0.406 e. The van der Waals surface area contributed by atoms with Gasteiger partial charge in [0.25, 0.3) is 0 Å². The van der Waals surface area contributed by atoms with Crippen LogP contribution in [0.3, 0.4) is 0 Å². The van der Waals surface area contributed by atoms with Gasteiger partial charge in [-0.3, -0.25) is 0 Å². The van der Waals surface area contributed by atoms with Gasteiger partial charge in [0.1, 0.15) is 22.4 Å². The zero-order chi connectivity index (χ0) is 23.6. The van der Waals surface area contributed by atoms with E-state index in [0.717, 1.165) is 37.2 Å². The van der Waals surface area contributed by atoms with Crippen LogP contribution in [0.1, 0.15) is 51.0 Å². The van der Waals surface area contributed by atoms with Crippen molar-refractivity contribution in [2.24, 2.45) is 21.6 Å². The van der Waals surface area contributed by atoms with Crippen molar-refractivity contribution in [3.05, 3.63) is 29.8 Å². The number of alkyl halides is 3. The lowest BCUT2D eigenvalue weighted by molar-refractivity contribution is -0.274. The number of aliphatic imine (C=N–C) groups is 1. The van der Waals surface area contributed by atoms with E-state index in [0.29, 0.717) is 5.56 Å². The SMILES string of the molecule is CCCCSC1(SCCCC)N=C(N)C2(C#N)C(c3ccc(OC(F)(F)F)cc3)C12C#N. The van der Waals surface area contributed by atoms with Gasteiger partial charge < -0.3 is 10.5 Å². The summed E-state index contributed by atoms with van der Waals surface area (Å²) in [5.41, 5.74) is 4.42. The van der Waals surface area contributed by atoms with E-state index in [1.54, 1.807) is 23.5 Å². The first-order valence-corrected chi connectivity index (χ1v) is 12.5. The Morgan fingerprint density at radius 3 is 2.06 bits per heavy atom. The largest absolute Gasteiger partial charge is 0.573 e. The molecule has 172 valence electrons. The van der Waals surface area contributed by atoms with Crippen molar-refractivity contribution in [1.82, 2.24) is 0 Å². The number of nitrogens with two attached hydrogens (primary N) is 1. The van der Waals surface area contributed by atoms with Gasteiger partial charge in [0.15, 0.2) is 4.20 Å². The van der Waals surface area contributed by atoms with Gasteiger partial charge in [-0.1, -0.05) is 38.8 Å². The lowest BCUT2D eigenvalue weighted by Crippen LogP contribution is -2.32. The predicted octanol–water partition coefficient (Wildman–Crippen LogP) is 5.79. The van der Waals surface area contributed by atoms with Crippen LogP contribution in [-0.2, 0) is 0 Å². The van der Waals surface area contributed by atoms with Crippen molar-refractivity contribution in [3.8, 4) is 17.9 Å². The van der Waals surface area contributed by atoms with Crippen molar-refractivity contribution in [3.63, 3.8) is 0 Å². The molecule has 3 unspecified atom stereocenters. The van der Waals surface area contributed by atoms with Gasteiger partial charge >= 0.3 is 6.36 Å². The lowest BCUT2D eigenvalue weighted by atomic mass is 9.97. The number of fused-ring (bicyclic) bond motifs is 1. The average Bonchev–Trinajstić information content (AvgIpc) is 3.32. The number of hydrogen-bond acceptors (Lipinski definition) is 7. The first-order chi connectivity index (χ1) is 15.2. The quantitative estimate of drug-likeness (QED) is 0.335. The standard InChI is InChI=1S/C22H25F3N4OS2/c1-3-5-11-31-21(32-12-6-4-2)20(14-27)17(19(20,13-26)18(28)29-21)15-7-9-16(10-8-15)30-22(23,24)25/h7-10,17H,3-6,11-12H2,1-2H3,(H2,28,29). The van der Waals surface area contributed by atoms with Crippen LogP contribution < -0.4 is 10.5 Å². The molecule has 10 heteroatoms. The Balaban J connectivity index is 2.03. The number of benzene rings is 1. The summed E-state index contributed by atoms with van der Waals surface area (Å²) >= 11 is 3.11. The molecule has 2 N–H and O–H groups in total. The number of amidine groups is 1. The summed E-state index contributed by atoms with van der Waals surface area (Å²) in [6.07, 6.45) is -0.960. The molecule has 5 nitrogen and oxygen atoms in total. The first-order valence-electron chi connectivity index (χ1n) is 10.5. The minimum atomic E-state index is -4.79. The predicted molar refractivity (Wildman–Crippen MR) is 121 cm³/mol. The summed E-state index contributed by atoms with van der Waals surface area (Å²) in [6.45, 7) is 4.15. The van der Waals surface area contributed by atoms with E-state index in [1.165, 1.54) is 24.3 Å². The summed E-state index contributed by atoms with van der Waals surface area (Å²) < 4.78 is 40.6. The molecule has 2 aliphatic rings. The van der Waals surface area contributed by atoms with E-state index in [-0.39, 0.29) is 11.6 Å². The summed E-state index contributed by atoms with van der Waals surface area (Å²) in [7, 11) is 0. The van der Waals surface area contributed by atoms with Gasteiger partial charge in [0.05, 0.1) is 12.1 Å². The number of thioether (sulfide) groups is 2. The second-order valence-electron chi connectivity index (χ2n) is 7.87. The molecule has 1 aliphatic carbocycles. The number of nitriles is 2. The summed E-state index contributed by atoms with van der Waals surface area (Å²) in [5, 5.41) is 20.6. The fraction of sp³-hybridized carbons (Fsp3) is 0.591. The van der Waals surface area contributed by atoms with E-state index in [9.17, 15) is 23.7 Å². The van der Waals surface area contributed by atoms with Gasteiger partial charge in [0.2, 0.25) is 0 Å². The Morgan fingerprint density at radius 2 is 1.62 bits per heavy atom. The molecule has 1 fully saturated rings. The topological polar surface area (TPSA) is 95.2 Å². The average molecular weight is 483 g/mol. The lowest BCUT2D eigenvalue weighted by Gasteiger charge is -2.32. The number of halogens is 3. The maximum absolute atomic E-state index is 12.5. The maximum atomic E-state index is 12.5. The van der Waals surface area contributed by atoms with Crippen LogP contribution in [0.5, 0.6) is 5.75 Å². The Labute approximate surface area is 194 Å². The van der Waals surface area contributed by atoms with Crippen LogP contribution in [-0.4, -0.2) is 27.9 Å². The zero-order valence-corrected chi connectivity index (χ0v) is 19.5. The maximum Gasteiger partial charge on any atom is 0.573 e. The molecule has 1 aromatic carbocycles. The highest BCUT2D eigenvalue weighted by Gasteiger charge is 2.91. The highest BCUT2D eigenvalue weighted by atomic mass is 32.2. The molecule has 1 aromatic rings. The van der Waals surface area contributed by atoms with Crippen molar-refractivity contribution < 1.29 is 17.9 Å². The molecule has 1 aliphatic heterocycles. The van der Waals surface area contributed by atoms with E-state index < -0.39 is 27.3 Å². The van der Waals surface area contributed by atoms with Crippen LogP contribution in [0.25, 0.3) is 0 Å². The number of unbranched alkanes of at least 4 members (excludes halogenated alkanes) is 2. The Bertz CT molecular complexity index is 944.